The van der Waals surface area contributed by atoms with Gasteiger partial charge in [0.15, 0.2) is 0 Å². The molecule has 1 heterocycles. The number of hydrogen-bond donors (Lipinski definition) is 1. The minimum atomic E-state index is -0.375. The number of benzene rings is 3. The van der Waals surface area contributed by atoms with Gasteiger partial charge in [0.1, 0.15) is 5.82 Å². The standard InChI is InChI=1S/C28H24ClFN2O2/c1-3-23(24-12-11-22(30)16-25(24)29)28(20-10-13-26-21(15-20)17-31-32-26)19-8-5-18(6-9-19)7-14-27(33)34-4-2/h5-17H,3-4H2,1-2H3,(H,31,32)/b14-7+,28-23?. The first-order valence-corrected chi connectivity index (χ1v) is 11.4. The van der Waals surface area contributed by atoms with Crippen molar-refractivity contribution in [3.05, 3.63) is 106 Å². The average Bonchev–Trinajstić information content (AvgIpc) is 3.30. The molecule has 0 atom stereocenters. The van der Waals surface area contributed by atoms with Gasteiger partial charge in [-0.25, -0.2) is 9.18 Å². The smallest absolute Gasteiger partial charge is 0.330 e. The second-order valence-corrected chi connectivity index (χ2v) is 8.12. The Hall–Kier alpha value is -3.70. The number of rotatable bonds is 7. The van der Waals surface area contributed by atoms with Crippen molar-refractivity contribution >= 4 is 45.7 Å². The van der Waals surface area contributed by atoms with Crippen LogP contribution < -0.4 is 0 Å². The Morgan fingerprint density at radius 2 is 1.82 bits per heavy atom. The van der Waals surface area contributed by atoms with E-state index in [1.165, 1.54) is 18.2 Å². The van der Waals surface area contributed by atoms with Crippen LogP contribution in [0.2, 0.25) is 5.02 Å². The van der Waals surface area contributed by atoms with Gasteiger partial charge in [0, 0.05) is 11.5 Å². The minimum Gasteiger partial charge on any atom is -0.463 e. The van der Waals surface area contributed by atoms with E-state index in [2.05, 4.69) is 23.2 Å². The predicted molar refractivity (Wildman–Crippen MR) is 136 cm³/mol. The Bertz CT molecular complexity index is 1390. The summed E-state index contributed by atoms with van der Waals surface area (Å²) in [7, 11) is 0. The number of fused-ring (bicyclic) bond motifs is 1. The first kappa shape index (κ1) is 23.5. The van der Waals surface area contributed by atoms with Gasteiger partial charge in [-0.3, -0.25) is 5.10 Å². The van der Waals surface area contributed by atoms with Gasteiger partial charge in [0.05, 0.1) is 23.3 Å². The van der Waals surface area contributed by atoms with Crippen LogP contribution in [0.1, 0.15) is 42.5 Å². The van der Waals surface area contributed by atoms with Crippen molar-refractivity contribution in [2.45, 2.75) is 20.3 Å². The van der Waals surface area contributed by atoms with E-state index in [0.717, 1.165) is 44.3 Å². The Kier molecular flexibility index (Phi) is 7.24. The topological polar surface area (TPSA) is 55.0 Å². The van der Waals surface area contributed by atoms with Gasteiger partial charge in [0.2, 0.25) is 0 Å². The lowest BCUT2D eigenvalue weighted by Gasteiger charge is -2.18. The number of nitrogens with zero attached hydrogens (tertiary/aromatic N) is 1. The number of ether oxygens (including phenoxy) is 1. The van der Waals surface area contributed by atoms with Crippen LogP contribution in [-0.4, -0.2) is 22.8 Å². The van der Waals surface area contributed by atoms with E-state index in [4.69, 9.17) is 16.3 Å². The number of aromatic amines is 1. The number of carbonyl (C=O) groups is 1. The number of carbonyl (C=O) groups excluding carboxylic acids is 1. The molecule has 0 aliphatic carbocycles. The van der Waals surface area contributed by atoms with Crippen molar-refractivity contribution in [3.63, 3.8) is 0 Å². The van der Waals surface area contributed by atoms with Crippen molar-refractivity contribution in [1.82, 2.24) is 10.2 Å². The molecule has 0 amide bonds. The van der Waals surface area contributed by atoms with Gasteiger partial charge in [-0.2, -0.15) is 5.10 Å². The lowest BCUT2D eigenvalue weighted by Crippen LogP contribution is -1.98. The van der Waals surface area contributed by atoms with Gasteiger partial charge in [0.25, 0.3) is 0 Å². The summed E-state index contributed by atoms with van der Waals surface area (Å²) in [4.78, 5) is 11.6. The summed E-state index contributed by atoms with van der Waals surface area (Å²) in [5.41, 5.74) is 6.59. The fourth-order valence-electron chi connectivity index (χ4n) is 3.96. The molecule has 0 saturated heterocycles. The molecule has 172 valence electrons. The molecule has 1 N–H and O–H groups in total. The maximum absolute atomic E-state index is 13.8. The zero-order valence-electron chi connectivity index (χ0n) is 18.9. The third kappa shape index (κ3) is 5.10. The van der Waals surface area contributed by atoms with Crippen molar-refractivity contribution in [2.75, 3.05) is 6.61 Å². The summed E-state index contributed by atoms with van der Waals surface area (Å²) in [6, 6.07) is 18.5. The first-order valence-electron chi connectivity index (χ1n) is 11.1. The molecule has 6 heteroatoms. The average molecular weight is 475 g/mol. The summed E-state index contributed by atoms with van der Waals surface area (Å²) < 4.78 is 18.7. The lowest BCUT2D eigenvalue weighted by atomic mass is 9.87. The highest BCUT2D eigenvalue weighted by Crippen LogP contribution is 2.38. The Morgan fingerprint density at radius 3 is 2.53 bits per heavy atom. The van der Waals surface area contributed by atoms with Crippen LogP contribution in [-0.2, 0) is 9.53 Å². The molecule has 4 aromatic rings. The predicted octanol–water partition coefficient (Wildman–Crippen LogP) is 7.30. The summed E-state index contributed by atoms with van der Waals surface area (Å²) in [6.45, 7) is 4.17. The second-order valence-electron chi connectivity index (χ2n) is 7.71. The van der Waals surface area contributed by atoms with Gasteiger partial charge in [-0.05, 0) is 77.1 Å². The first-order chi connectivity index (χ1) is 16.5. The molecule has 4 nitrogen and oxygen atoms in total. The van der Waals surface area contributed by atoms with Crippen molar-refractivity contribution in [3.8, 4) is 0 Å². The van der Waals surface area contributed by atoms with E-state index in [1.54, 1.807) is 25.3 Å². The number of esters is 1. The lowest BCUT2D eigenvalue weighted by molar-refractivity contribution is -0.137. The molecule has 4 rings (SSSR count). The van der Waals surface area contributed by atoms with E-state index in [0.29, 0.717) is 18.1 Å². The number of nitrogens with one attached hydrogen (secondary N) is 1. The van der Waals surface area contributed by atoms with Gasteiger partial charge in [-0.1, -0.05) is 54.9 Å². The van der Waals surface area contributed by atoms with E-state index < -0.39 is 0 Å². The van der Waals surface area contributed by atoms with E-state index >= 15 is 0 Å². The third-order valence-corrected chi connectivity index (χ3v) is 5.85. The molecular formula is C28H24ClFN2O2. The van der Waals surface area contributed by atoms with Crippen LogP contribution in [0.5, 0.6) is 0 Å². The highest BCUT2D eigenvalue weighted by Gasteiger charge is 2.16. The number of allylic oxidation sites excluding steroid dienone is 1. The Balaban J connectivity index is 1.85. The fourth-order valence-corrected chi connectivity index (χ4v) is 4.25. The summed E-state index contributed by atoms with van der Waals surface area (Å²) in [6.07, 6.45) is 5.61. The van der Waals surface area contributed by atoms with E-state index in [1.807, 2.05) is 36.4 Å². The summed E-state index contributed by atoms with van der Waals surface area (Å²) in [5.74, 6) is -0.747. The maximum Gasteiger partial charge on any atom is 0.330 e. The molecule has 0 fully saturated rings. The van der Waals surface area contributed by atoms with Crippen LogP contribution in [0.15, 0.2) is 72.9 Å². The Morgan fingerprint density at radius 1 is 1.06 bits per heavy atom. The monoisotopic (exact) mass is 474 g/mol. The van der Waals surface area contributed by atoms with E-state index in [9.17, 15) is 9.18 Å². The third-order valence-electron chi connectivity index (χ3n) is 5.54. The van der Waals surface area contributed by atoms with Crippen molar-refractivity contribution in [2.24, 2.45) is 0 Å². The molecule has 0 bridgehead atoms. The number of aromatic nitrogens is 2. The van der Waals surface area contributed by atoms with Gasteiger partial charge >= 0.3 is 5.97 Å². The molecule has 0 radical (unpaired) electrons. The Labute approximate surface area is 202 Å². The number of H-pyrrole nitrogens is 1. The zero-order valence-corrected chi connectivity index (χ0v) is 19.7. The minimum absolute atomic E-state index is 0.336. The van der Waals surface area contributed by atoms with Gasteiger partial charge in [-0.15, -0.1) is 0 Å². The molecule has 34 heavy (non-hydrogen) atoms. The zero-order chi connectivity index (χ0) is 24.1. The maximum atomic E-state index is 13.8. The highest BCUT2D eigenvalue weighted by molar-refractivity contribution is 6.32. The molecule has 0 saturated carbocycles. The normalized spacial score (nSPS) is 12.2. The van der Waals surface area contributed by atoms with Crippen LogP contribution >= 0.6 is 11.6 Å². The molecular weight excluding hydrogens is 451 g/mol. The van der Waals surface area contributed by atoms with Gasteiger partial charge < -0.3 is 4.74 Å². The SMILES string of the molecule is CCOC(=O)/C=C/c1ccc(C(=C(CC)c2ccc(F)cc2Cl)c2ccc3[nH]ncc3c2)cc1. The molecule has 0 aliphatic rings. The summed E-state index contributed by atoms with van der Waals surface area (Å²) in [5, 5.41) is 8.47. The largest absolute Gasteiger partial charge is 0.463 e. The molecule has 1 aromatic heterocycles. The quantitative estimate of drug-likeness (QED) is 0.174. The highest BCUT2D eigenvalue weighted by atomic mass is 35.5. The molecule has 0 unspecified atom stereocenters. The van der Waals surface area contributed by atoms with Crippen LogP contribution in [0.4, 0.5) is 4.39 Å². The fraction of sp³-hybridized carbons (Fsp3) is 0.143. The van der Waals surface area contributed by atoms with Crippen LogP contribution in [0.3, 0.4) is 0 Å². The molecule has 0 spiro atoms. The van der Waals surface area contributed by atoms with Crippen LogP contribution in [0.25, 0.3) is 28.1 Å². The molecule has 0 aliphatic heterocycles. The van der Waals surface area contributed by atoms with Crippen molar-refractivity contribution in [1.29, 1.82) is 0 Å². The molecule has 3 aromatic carbocycles. The van der Waals surface area contributed by atoms with E-state index in [-0.39, 0.29) is 11.8 Å². The van der Waals surface area contributed by atoms with Crippen molar-refractivity contribution < 1.29 is 13.9 Å². The van der Waals surface area contributed by atoms with Crippen LogP contribution in [0, 0.1) is 5.82 Å². The summed E-state index contributed by atoms with van der Waals surface area (Å²) >= 11 is 6.48. The number of halogens is 2. The second kappa shape index (κ2) is 10.5. The number of hydrogen-bond acceptors (Lipinski definition) is 3.